The van der Waals surface area contributed by atoms with Gasteiger partial charge in [-0.3, -0.25) is 9.59 Å². The Kier molecular flexibility index (Phi) is 18.7. The van der Waals surface area contributed by atoms with Crippen molar-refractivity contribution in [3.63, 3.8) is 0 Å². The van der Waals surface area contributed by atoms with Crippen LogP contribution in [0.1, 0.15) is 107 Å². The third kappa shape index (κ3) is 16.4. The number of ether oxygens (including phenoxy) is 3. The molecule has 0 fully saturated rings. The van der Waals surface area contributed by atoms with E-state index in [0.29, 0.717) is 12.0 Å². The first kappa shape index (κ1) is 29.8. The predicted octanol–water partition coefficient (Wildman–Crippen LogP) is 6.45. The molecule has 0 saturated carbocycles. The molecule has 0 amide bonds. The second-order valence-electron chi connectivity index (χ2n) is 8.66. The number of hydrogen-bond acceptors (Lipinski definition) is 6. The molecule has 1 rings (SSSR count). The summed E-state index contributed by atoms with van der Waals surface area (Å²) in [7, 11) is 0. The minimum absolute atomic E-state index is 0.0235. The number of hydrogen-bond donors (Lipinski definition) is 0. The number of rotatable bonds is 22. The van der Waals surface area contributed by atoms with E-state index in [-0.39, 0.29) is 32.4 Å². The van der Waals surface area contributed by atoms with Gasteiger partial charge in [-0.15, -0.1) is 0 Å². The number of ketones is 1. The molecule has 0 N–H and O–H groups in total. The van der Waals surface area contributed by atoms with Crippen molar-refractivity contribution in [1.82, 2.24) is 0 Å². The Hall–Kier alpha value is -2.21. The Balaban J connectivity index is 1.83. The van der Waals surface area contributed by atoms with E-state index < -0.39 is 11.8 Å². The second-order valence-corrected chi connectivity index (χ2v) is 8.66. The zero-order valence-corrected chi connectivity index (χ0v) is 21.1. The number of carbonyl (C=O) groups excluding carboxylic acids is 3. The van der Waals surface area contributed by atoms with Crippen LogP contribution in [-0.4, -0.2) is 44.1 Å². The van der Waals surface area contributed by atoms with Gasteiger partial charge in [0.15, 0.2) is 0 Å². The summed E-state index contributed by atoms with van der Waals surface area (Å²) in [5.41, 5.74) is 0.295. The Morgan fingerprint density at radius 3 is 1.68 bits per heavy atom. The largest absolute Gasteiger partial charge is 0.463 e. The first-order valence-corrected chi connectivity index (χ1v) is 13.1. The standard InChI is InChI=1S/C28H44O6/c1-2-3-4-5-6-7-8-9-10-11-12-13-17-20-26(29)33-23-21-32-22-24-34-28(31)27(30)25-18-15-14-16-19-25/h14-16,18-19H,2-13,17,20-24H2,1H3. The summed E-state index contributed by atoms with van der Waals surface area (Å²) >= 11 is 0. The number of unbranched alkanes of at least 4 members (excludes halogenated alkanes) is 12. The molecule has 0 aliphatic carbocycles. The van der Waals surface area contributed by atoms with E-state index in [1.807, 2.05) is 0 Å². The zero-order chi connectivity index (χ0) is 24.7. The quantitative estimate of drug-likeness (QED) is 0.0828. The van der Waals surface area contributed by atoms with Gasteiger partial charge in [0.05, 0.1) is 13.2 Å². The smallest absolute Gasteiger partial charge is 0.379 e. The molecule has 0 atom stereocenters. The average Bonchev–Trinajstić information content (AvgIpc) is 2.86. The molecule has 0 bridgehead atoms. The highest BCUT2D eigenvalue weighted by Gasteiger charge is 2.17. The Bertz CT molecular complexity index is 658. The normalized spacial score (nSPS) is 10.7. The predicted molar refractivity (Wildman–Crippen MR) is 134 cm³/mol. The van der Waals surface area contributed by atoms with Gasteiger partial charge in [-0.1, -0.05) is 114 Å². The number of carbonyl (C=O) groups is 3. The number of Topliss-reactive ketones (excluding diaryl/α,β-unsaturated/α-hetero) is 1. The van der Waals surface area contributed by atoms with Crippen molar-refractivity contribution in [2.24, 2.45) is 0 Å². The van der Waals surface area contributed by atoms with Crippen molar-refractivity contribution in [3.05, 3.63) is 35.9 Å². The summed E-state index contributed by atoms with van der Waals surface area (Å²) in [4.78, 5) is 35.3. The van der Waals surface area contributed by atoms with Crippen LogP contribution in [0.4, 0.5) is 0 Å². The molecule has 0 aliphatic rings. The molecule has 0 radical (unpaired) electrons. The molecule has 1 aromatic rings. The summed E-state index contributed by atoms with van der Waals surface area (Å²) in [6, 6.07) is 8.26. The molecule has 6 nitrogen and oxygen atoms in total. The monoisotopic (exact) mass is 476 g/mol. The lowest BCUT2D eigenvalue weighted by Crippen LogP contribution is -2.20. The number of esters is 2. The SMILES string of the molecule is CCCCCCCCCCCCCCCC(=O)OCCOCCOC(=O)C(=O)c1ccccc1. The van der Waals surface area contributed by atoms with E-state index in [2.05, 4.69) is 6.92 Å². The van der Waals surface area contributed by atoms with Crippen molar-refractivity contribution in [2.75, 3.05) is 26.4 Å². The van der Waals surface area contributed by atoms with Crippen LogP contribution in [0, 0.1) is 0 Å². The van der Waals surface area contributed by atoms with Crippen LogP contribution in [0.2, 0.25) is 0 Å². The summed E-state index contributed by atoms with van der Waals surface area (Å²) in [6.45, 7) is 2.78. The lowest BCUT2D eigenvalue weighted by Gasteiger charge is -2.07. The molecule has 1 aromatic carbocycles. The third-order valence-electron chi connectivity index (χ3n) is 5.66. The van der Waals surface area contributed by atoms with Gasteiger partial charge in [0.25, 0.3) is 5.78 Å². The summed E-state index contributed by atoms with van der Waals surface area (Å²) < 4.78 is 15.3. The van der Waals surface area contributed by atoms with Crippen LogP contribution in [-0.2, 0) is 23.8 Å². The highest BCUT2D eigenvalue weighted by molar-refractivity contribution is 6.40. The van der Waals surface area contributed by atoms with E-state index in [4.69, 9.17) is 14.2 Å². The van der Waals surface area contributed by atoms with E-state index in [9.17, 15) is 14.4 Å². The van der Waals surface area contributed by atoms with Crippen molar-refractivity contribution in [1.29, 1.82) is 0 Å². The maximum Gasteiger partial charge on any atom is 0.379 e. The van der Waals surface area contributed by atoms with Crippen LogP contribution in [0.25, 0.3) is 0 Å². The molecule has 192 valence electrons. The third-order valence-corrected chi connectivity index (χ3v) is 5.66. The average molecular weight is 477 g/mol. The molecular formula is C28H44O6. The fourth-order valence-electron chi connectivity index (χ4n) is 3.64. The number of benzene rings is 1. The summed E-state index contributed by atoms with van der Waals surface area (Å²) in [6.07, 6.45) is 17.0. The van der Waals surface area contributed by atoms with Gasteiger partial charge in [-0.25, -0.2) is 4.79 Å². The fourth-order valence-corrected chi connectivity index (χ4v) is 3.64. The van der Waals surface area contributed by atoms with E-state index in [1.54, 1.807) is 30.3 Å². The fraction of sp³-hybridized carbons (Fsp3) is 0.679. The lowest BCUT2D eigenvalue weighted by atomic mass is 10.0. The van der Waals surface area contributed by atoms with Gasteiger partial charge in [-0.05, 0) is 6.42 Å². The van der Waals surface area contributed by atoms with Crippen LogP contribution in [0.5, 0.6) is 0 Å². The van der Waals surface area contributed by atoms with Crippen molar-refractivity contribution >= 4 is 17.7 Å². The maximum atomic E-state index is 11.8. The van der Waals surface area contributed by atoms with Gasteiger partial charge in [0.1, 0.15) is 13.2 Å². The van der Waals surface area contributed by atoms with Crippen molar-refractivity contribution in [3.8, 4) is 0 Å². The second kappa shape index (κ2) is 21.3. The van der Waals surface area contributed by atoms with Crippen LogP contribution >= 0.6 is 0 Å². The van der Waals surface area contributed by atoms with Gasteiger partial charge >= 0.3 is 11.9 Å². The molecule has 0 saturated heterocycles. The van der Waals surface area contributed by atoms with Gasteiger partial charge in [0, 0.05) is 12.0 Å². The van der Waals surface area contributed by atoms with Crippen LogP contribution < -0.4 is 0 Å². The molecule has 0 heterocycles. The molecule has 0 aliphatic heterocycles. The van der Waals surface area contributed by atoms with Gasteiger partial charge in [0.2, 0.25) is 0 Å². The summed E-state index contributed by atoms with van der Waals surface area (Å²) in [5.74, 6) is -1.78. The van der Waals surface area contributed by atoms with Gasteiger partial charge in [-0.2, -0.15) is 0 Å². The highest BCUT2D eigenvalue weighted by Crippen LogP contribution is 2.13. The topological polar surface area (TPSA) is 78.9 Å². The lowest BCUT2D eigenvalue weighted by molar-refractivity contribution is -0.145. The minimum atomic E-state index is -0.904. The van der Waals surface area contributed by atoms with Crippen molar-refractivity contribution < 1.29 is 28.6 Å². The van der Waals surface area contributed by atoms with Crippen LogP contribution in [0.15, 0.2) is 30.3 Å². The van der Waals surface area contributed by atoms with E-state index in [1.165, 1.54) is 70.6 Å². The van der Waals surface area contributed by atoms with Crippen LogP contribution in [0.3, 0.4) is 0 Å². The Morgan fingerprint density at radius 1 is 0.618 bits per heavy atom. The maximum absolute atomic E-state index is 11.8. The Labute approximate surface area is 205 Å². The van der Waals surface area contributed by atoms with E-state index >= 15 is 0 Å². The minimum Gasteiger partial charge on any atom is -0.463 e. The molecule has 6 heteroatoms. The zero-order valence-electron chi connectivity index (χ0n) is 21.1. The molecule has 0 unspecified atom stereocenters. The molecule has 0 aromatic heterocycles. The first-order chi connectivity index (χ1) is 16.6. The summed E-state index contributed by atoms with van der Waals surface area (Å²) in [5, 5.41) is 0. The molecule has 0 spiro atoms. The molecule has 34 heavy (non-hydrogen) atoms. The van der Waals surface area contributed by atoms with Crippen molar-refractivity contribution in [2.45, 2.75) is 96.8 Å². The first-order valence-electron chi connectivity index (χ1n) is 13.1. The van der Waals surface area contributed by atoms with E-state index in [0.717, 1.165) is 12.8 Å². The molecular weight excluding hydrogens is 432 g/mol. The van der Waals surface area contributed by atoms with Gasteiger partial charge < -0.3 is 14.2 Å². The highest BCUT2D eigenvalue weighted by atomic mass is 16.6. The Morgan fingerprint density at radius 2 is 1.12 bits per heavy atom.